The molecule has 0 aliphatic heterocycles. The van der Waals surface area contributed by atoms with Crippen molar-refractivity contribution in [3.63, 3.8) is 0 Å². The van der Waals surface area contributed by atoms with Crippen molar-refractivity contribution < 1.29 is 14.3 Å². The van der Waals surface area contributed by atoms with Crippen LogP contribution in [0.4, 0.5) is 0 Å². The smallest absolute Gasteiger partial charge is 0.188 e. The van der Waals surface area contributed by atoms with Gasteiger partial charge in [-0.05, 0) is 24.3 Å². The van der Waals surface area contributed by atoms with Crippen LogP contribution in [0.15, 0.2) is 54.6 Å². The van der Waals surface area contributed by atoms with Crippen LogP contribution in [0.5, 0.6) is 5.75 Å². The van der Waals surface area contributed by atoms with E-state index in [-0.39, 0.29) is 0 Å². The van der Waals surface area contributed by atoms with Gasteiger partial charge in [0.2, 0.25) is 0 Å². The highest BCUT2D eigenvalue weighted by Gasteiger charge is 2.26. The summed E-state index contributed by atoms with van der Waals surface area (Å²) in [5.41, 5.74) is 0.810. The fourth-order valence-corrected chi connectivity index (χ4v) is 2.02. The van der Waals surface area contributed by atoms with Crippen LogP contribution in [0.25, 0.3) is 0 Å². The molecule has 3 nitrogen and oxygen atoms in total. The summed E-state index contributed by atoms with van der Waals surface area (Å²) in [6.45, 7) is 0. The minimum absolute atomic E-state index is 0.384. The van der Waals surface area contributed by atoms with Gasteiger partial charge in [0.1, 0.15) is 5.75 Å². The van der Waals surface area contributed by atoms with Gasteiger partial charge in [-0.25, -0.2) is 0 Å². The maximum absolute atomic E-state index is 12.2. The highest BCUT2D eigenvalue weighted by Crippen LogP contribution is 2.17. The average Bonchev–Trinajstić information content (AvgIpc) is 2.53. The van der Waals surface area contributed by atoms with Gasteiger partial charge >= 0.3 is 0 Å². The Hall–Kier alpha value is -2.13. The van der Waals surface area contributed by atoms with Crippen molar-refractivity contribution >= 4 is 23.2 Å². The van der Waals surface area contributed by atoms with E-state index >= 15 is 0 Å². The number of benzene rings is 2. The Morgan fingerprint density at radius 1 is 0.900 bits per heavy atom. The lowest BCUT2D eigenvalue weighted by Gasteiger charge is -2.08. The highest BCUT2D eigenvalue weighted by atomic mass is 35.5. The van der Waals surface area contributed by atoms with Crippen LogP contribution in [0.1, 0.15) is 20.7 Å². The third-order valence-electron chi connectivity index (χ3n) is 2.89. The minimum Gasteiger partial charge on any atom is -0.497 e. The molecule has 0 aliphatic rings. The molecule has 0 radical (unpaired) electrons. The van der Waals surface area contributed by atoms with Crippen LogP contribution in [0, 0.1) is 0 Å². The standard InChI is InChI=1S/C16H13ClO3/c1-20-13-9-7-12(8-10-13)16(19)14(17)15(18)11-5-3-2-4-6-11/h2-10,14H,1H3. The van der Waals surface area contributed by atoms with Gasteiger partial charge < -0.3 is 4.74 Å². The van der Waals surface area contributed by atoms with Crippen LogP contribution in [-0.4, -0.2) is 24.1 Å². The van der Waals surface area contributed by atoms with Gasteiger partial charge in [-0.15, -0.1) is 11.6 Å². The number of carbonyl (C=O) groups is 2. The Bertz CT molecular complexity index is 605. The Labute approximate surface area is 122 Å². The first kappa shape index (κ1) is 14.3. The number of hydrogen-bond acceptors (Lipinski definition) is 3. The number of carbonyl (C=O) groups excluding carboxylic acids is 2. The molecule has 2 aromatic carbocycles. The maximum Gasteiger partial charge on any atom is 0.188 e. The fraction of sp³-hybridized carbons (Fsp3) is 0.125. The number of rotatable bonds is 5. The molecule has 0 aliphatic carbocycles. The van der Waals surface area contributed by atoms with E-state index in [1.807, 2.05) is 0 Å². The quantitative estimate of drug-likeness (QED) is 0.481. The molecule has 4 heteroatoms. The summed E-state index contributed by atoms with van der Waals surface area (Å²) in [5.74, 6) is -0.168. The molecule has 0 heterocycles. The molecule has 2 rings (SSSR count). The van der Waals surface area contributed by atoms with Gasteiger partial charge in [0.25, 0.3) is 0 Å². The molecule has 1 atom stereocenters. The third kappa shape index (κ3) is 3.06. The van der Waals surface area contributed by atoms with Gasteiger partial charge in [0.15, 0.2) is 16.9 Å². The molecule has 2 aromatic rings. The zero-order valence-corrected chi connectivity index (χ0v) is 11.6. The van der Waals surface area contributed by atoms with E-state index in [9.17, 15) is 9.59 Å². The molecule has 0 amide bonds. The largest absolute Gasteiger partial charge is 0.497 e. The summed E-state index contributed by atoms with van der Waals surface area (Å²) in [6.07, 6.45) is 0. The molecule has 0 N–H and O–H groups in total. The van der Waals surface area contributed by atoms with Crippen LogP contribution in [0.2, 0.25) is 0 Å². The second-order valence-corrected chi connectivity index (χ2v) is 4.62. The van der Waals surface area contributed by atoms with Gasteiger partial charge in [0.05, 0.1) is 7.11 Å². The molecule has 0 saturated heterocycles. The van der Waals surface area contributed by atoms with Crippen LogP contribution >= 0.6 is 11.6 Å². The molecule has 20 heavy (non-hydrogen) atoms. The van der Waals surface area contributed by atoms with Gasteiger partial charge in [-0.2, -0.15) is 0 Å². The van der Waals surface area contributed by atoms with E-state index in [1.165, 1.54) is 0 Å². The second-order valence-electron chi connectivity index (χ2n) is 4.19. The topological polar surface area (TPSA) is 43.4 Å². The monoisotopic (exact) mass is 288 g/mol. The van der Waals surface area contributed by atoms with E-state index < -0.39 is 16.9 Å². The molecular formula is C16H13ClO3. The summed E-state index contributed by atoms with van der Waals surface area (Å²) < 4.78 is 5.01. The first-order chi connectivity index (χ1) is 9.63. The minimum atomic E-state index is -1.22. The number of halogens is 1. The van der Waals surface area contributed by atoms with Crippen LogP contribution < -0.4 is 4.74 Å². The van der Waals surface area contributed by atoms with Gasteiger partial charge in [0, 0.05) is 11.1 Å². The lowest BCUT2D eigenvalue weighted by Crippen LogP contribution is -2.24. The number of methoxy groups -OCH3 is 1. The first-order valence-electron chi connectivity index (χ1n) is 6.05. The lowest BCUT2D eigenvalue weighted by atomic mass is 10.0. The summed E-state index contributed by atoms with van der Waals surface area (Å²) in [6, 6.07) is 15.0. The second kappa shape index (κ2) is 6.35. The van der Waals surface area contributed by atoms with E-state index in [1.54, 1.807) is 61.7 Å². The number of alkyl halides is 1. The number of Topliss-reactive ketones (excluding diaryl/α,β-unsaturated/α-hetero) is 2. The molecule has 0 fully saturated rings. The maximum atomic E-state index is 12.2. The Morgan fingerprint density at radius 2 is 1.40 bits per heavy atom. The molecule has 0 saturated carbocycles. The van der Waals surface area contributed by atoms with Gasteiger partial charge in [-0.3, -0.25) is 9.59 Å². The first-order valence-corrected chi connectivity index (χ1v) is 6.48. The van der Waals surface area contributed by atoms with Crippen molar-refractivity contribution in [3.05, 3.63) is 65.7 Å². The third-order valence-corrected chi connectivity index (χ3v) is 3.29. The summed E-state index contributed by atoms with van der Waals surface area (Å²) in [5, 5.41) is -1.22. The van der Waals surface area contributed by atoms with Crippen molar-refractivity contribution in [2.45, 2.75) is 5.38 Å². The number of hydrogen-bond donors (Lipinski definition) is 0. The number of ether oxygens (including phenoxy) is 1. The van der Waals surface area contributed by atoms with Crippen molar-refractivity contribution in [1.82, 2.24) is 0 Å². The summed E-state index contributed by atoms with van der Waals surface area (Å²) in [4.78, 5) is 24.3. The fourth-order valence-electron chi connectivity index (χ4n) is 1.77. The number of ketones is 2. The zero-order valence-electron chi connectivity index (χ0n) is 10.9. The zero-order chi connectivity index (χ0) is 14.5. The van der Waals surface area contributed by atoms with Crippen molar-refractivity contribution in [1.29, 1.82) is 0 Å². The van der Waals surface area contributed by atoms with E-state index in [2.05, 4.69) is 0 Å². The van der Waals surface area contributed by atoms with Crippen LogP contribution in [-0.2, 0) is 0 Å². The Balaban J connectivity index is 2.17. The summed E-state index contributed by atoms with van der Waals surface area (Å²) >= 11 is 5.99. The SMILES string of the molecule is COc1ccc(C(=O)C(Cl)C(=O)c2ccccc2)cc1. The normalized spacial score (nSPS) is 11.7. The van der Waals surface area contributed by atoms with Crippen molar-refractivity contribution in [3.8, 4) is 5.75 Å². The molecule has 0 bridgehead atoms. The molecule has 102 valence electrons. The van der Waals surface area contributed by atoms with Crippen molar-refractivity contribution in [2.24, 2.45) is 0 Å². The van der Waals surface area contributed by atoms with E-state index in [4.69, 9.17) is 16.3 Å². The molecular weight excluding hydrogens is 276 g/mol. The molecule has 0 aromatic heterocycles. The average molecular weight is 289 g/mol. The highest BCUT2D eigenvalue weighted by molar-refractivity contribution is 6.46. The van der Waals surface area contributed by atoms with Gasteiger partial charge in [-0.1, -0.05) is 30.3 Å². The molecule has 1 unspecified atom stereocenters. The lowest BCUT2D eigenvalue weighted by molar-refractivity contribution is 0.0900. The molecule has 0 spiro atoms. The van der Waals surface area contributed by atoms with E-state index in [0.29, 0.717) is 16.9 Å². The summed E-state index contributed by atoms with van der Waals surface area (Å²) in [7, 11) is 1.54. The Morgan fingerprint density at radius 3 is 1.90 bits per heavy atom. The predicted molar refractivity (Wildman–Crippen MR) is 77.7 cm³/mol. The van der Waals surface area contributed by atoms with Crippen LogP contribution in [0.3, 0.4) is 0 Å². The van der Waals surface area contributed by atoms with Crippen molar-refractivity contribution in [2.75, 3.05) is 7.11 Å². The van der Waals surface area contributed by atoms with E-state index in [0.717, 1.165) is 0 Å². The predicted octanol–water partition coefficient (Wildman–Crippen LogP) is 3.37. The Kier molecular flexibility index (Phi) is 4.53.